The average molecular weight is 255 g/mol. The van der Waals surface area contributed by atoms with E-state index >= 15 is 0 Å². The van der Waals surface area contributed by atoms with Crippen LogP contribution in [0.15, 0.2) is 47.7 Å². The molecule has 0 fully saturated rings. The lowest BCUT2D eigenvalue weighted by molar-refractivity contribution is 0.593. The van der Waals surface area contributed by atoms with Crippen molar-refractivity contribution >= 4 is 11.3 Å². The van der Waals surface area contributed by atoms with E-state index in [-0.39, 0.29) is 5.69 Å². The van der Waals surface area contributed by atoms with Crippen LogP contribution in [0.3, 0.4) is 0 Å². The summed E-state index contributed by atoms with van der Waals surface area (Å²) in [6.45, 7) is 0.495. The molecule has 0 aliphatic rings. The molecule has 0 aliphatic heterocycles. The second-order valence-electron chi connectivity index (χ2n) is 4.26. The van der Waals surface area contributed by atoms with Crippen LogP contribution in [0.25, 0.3) is 5.65 Å². The zero-order chi connectivity index (χ0) is 13.2. The van der Waals surface area contributed by atoms with Gasteiger partial charge >= 0.3 is 5.69 Å². The highest BCUT2D eigenvalue weighted by Gasteiger charge is 2.06. The highest BCUT2D eigenvalue weighted by molar-refractivity contribution is 5.46. The minimum Gasteiger partial charge on any atom is -0.399 e. The molecule has 0 amide bonds. The van der Waals surface area contributed by atoms with E-state index in [2.05, 4.69) is 10.1 Å². The Morgan fingerprint density at radius 3 is 2.89 bits per heavy atom. The second kappa shape index (κ2) is 4.56. The summed E-state index contributed by atoms with van der Waals surface area (Å²) < 4.78 is 2.91. The number of rotatable bonds is 3. The Morgan fingerprint density at radius 2 is 2.11 bits per heavy atom. The number of fused-ring (bicyclic) bond motifs is 1. The molecular weight excluding hydrogens is 242 g/mol. The van der Waals surface area contributed by atoms with Crippen molar-refractivity contribution in [1.29, 1.82) is 0 Å². The third kappa shape index (κ3) is 2.08. The molecule has 0 radical (unpaired) electrons. The summed E-state index contributed by atoms with van der Waals surface area (Å²) in [5, 5.41) is 4.22. The van der Waals surface area contributed by atoms with Crippen LogP contribution in [0.1, 0.15) is 5.56 Å². The predicted octanol–water partition coefficient (Wildman–Crippen LogP) is 0.716. The lowest BCUT2D eigenvalue weighted by atomic mass is 10.1. The molecule has 0 unspecified atom stereocenters. The topological polar surface area (TPSA) is 78.2 Å². The minimum atomic E-state index is -0.160. The Morgan fingerprint density at radius 1 is 1.26 bits per heavy atom. The molecule has 2 N–H and O–H groups in total. The molecular formula is C13H13N5O. The van der Waals surface area contributed by atoms with Crippen molar-refractivity contribution in [2.24, 2.45) is 0 Å². The molecule has 19 heavy (non-hydrogen) atoms. The van der Waals surface area contributed by atoms with E-state index in [1.54, 1.807) is 18.6 Å². The monoisotopic (exact) mass is 255 g/mol. The van der Waals surface area contributed by atoms with Crippen LogP contribution in [0.5, 0.6) is 0 Å². The molecule has 0 saturated carbocycles. The molecule has 0 aliphatic carbocycles. The zero-order valence-electron chi connectivity index (χ0n) is 10.2. The van der Waals surface area contributed by atoms with E-state index in [1.165, 1.54) is 9.08 Å². The van der Waals surface area contributed by atoms with Crippen molar-refractivity contribution in [2.75, 3.05) is 5.73 Å². The molecule has 3 aromatic rings. The van der Waals surface area contributed by atoms with E-state index in [1.807, 2.05) is 24.3 Å². The highest BCUT2D eigenvalue weighted by atomic mass is 16.2. The van der Waals surface area contributed by atoms with Gasteiger partial charge in [-0.3, -0.25) is 4.98 Å². The Balaban J connectivity index is 1.88. The van der Waals surface area contributed by atoms with Crippen LogP contribution >= 0.6 is 0 Å². The van der Waals surface area contributed by atoms with E-state index in [9.17, 15) is 4.79 Å². The Bertz CT molecular complexity index is 774. The first-order chi connectivity index (χ1) is 9.25. The molecule has 6 nitrogen and oxygen atoms in total. The number of benzene rings is 1. The molecule has 2 aromatic heterocycles. The third-order valence-electron chi connectivity index (χ3n) is 3.04. The van der Waals surface area contributed by atoms with Crippen molar-refractivity contribution in [3.63, 3.8) is 0 Å². The van der Waals surface area contributed by atoms with Gasteiger partial charge in [0.1, 0.15) is 0 Å². The molecule has 1 aromatic carbocycles. The molecule has 96 valence electrons. The lowest BCUT2D eigenvalue weighted by Gasteiger charge is -2.04. The van der Waals surface area contributed by atoms with Gasteiger partial charge < -0.3 is 5.73 Å². The van der Waals surface area contributed by atoms with E-state index < -0.39 is 0 Å². The lowest BCUT2D eigenvalue weighted by Crippen LogP contribution is -2.22. The van der Waals surface area contributed by atoms with Crippen LogP contribution in [-0.2, 0) is 13.0 Å². The van der Waals surface area contributed by atoms with Gasteiger partial charge in [0.2, 0.25) is 0 Å². The molecule has 6 heteroatoms. The number of nitrogens with zero attached hydrogens (tertiary/aromatic N) is 4. The number of aromatic nitrogens is 4. The van der Waals surface area contributed by atoms with Gasteiger partial charge in [0.15, 0.2) is 5.65 Å². The molecule has 0 spiro atoms. The number of hydrogen-bond acceptors (Lipinski definition) is 4. The van der Waals surface area contributed by atoms with Crippen LogP contribution in [0, 0.1) is 0 Å². The van der Waals surface area contributed by atoms with Gasteiger partial charge in [-0.2, -0.15) is 0 Å². The largest absolute Gasteiger partial charge is 0.399 e. The molecule has 3 rings (SSSR count). The van der Waals surface area contributed by atoms with Crippen molar-refractivity contribution in [2.45, 2.75) is 13.0 Å². The fourth-order valence-corrected chi connectivity index (χ4v) is 2.01. The Labute approximate surface area is 109 Å². The highest BCUT2D eigenvalue weighted by Crippen LogP contribution is 2.11. The second-order valence-corrected chi connectivity index (χ2v) is 4.26. The quantitative estimate of drug-likeness (QED) is 0.699. The fourth-order valence-electron chi connectivity index (χ4n) is 2.01. The summed E-state index contributed by atoms with van der Waals surface area (Å²) in [5.74, 6) is 0. The number of aryl methyl sites for hydroxylation is 2. The van der Waals surface area contributed by atoms with Gasteiger partial charge in [0.25, 0.3) is 0 Å². The maximum atomic E-state index is 12.0. The number of nitrogens with two attached hydrogens (primary N) is 1. The van der Waals surface area contributed by atoms with E-state index in [0.29, 0.717) is 18.6 Å². The first kappa shape index (κ1) is 11.5. The number of hydrogen-bond donors (Lipinski definition) is 1. The SMILES string of the molecule is Nc1ccccc1CCn1nc2cnccn2c1=O. The van der Waals surface area contributed by atoms with Gasteiger partial charge in [-0.25, -0.2) is 13.9 Å². The zero-order valence-corrected chi connectivity index (χ0v) is 10.2. The van der Waals surface area contributed by atoms with Gasteiger partial charge in [-0.1, -0.05) is 18.2 Å². The normalized spacial score (nSPS) is 10.9. The third-order valence-corrected chi connectivity index (χ3v) is 3.04. The Hall–Kier alpha value is -2.63. The number of nitrogen functional groups attached to an aromatic ring is 1. The summed E-state index contributed by atoms with van der Waals surface area (Å²) in [7, 11) is 0. The average Bonchev–Trinajstić information content (AvgIpc) is 2.75. The standard InChI is InChI=1S/C13H13N5O/c14-11-4-2-1-3-10(11)5-7-18-13(19)17-8-6-15-9-12(17)16-18/h1-4,6,8-9H,5,7,14H2. The summed E-state index contributed by atoms with van der Waals surface area (Å²) >= 11 is 0. The molecule has 0 bridgehead atoms. The van der Waals surface area contributed by atoms with Gasteiger partial charge in [-0.05, 0) is 18.1 Å². The fraction of sp³-hybridized carbons (Fsp3) is 0.154. The van der Waals surface area contributed by atoms with Crippen molar-refractivity contribution in [3.05, 3.63) is 58.9 Å². The number of para-hydroxylation sites is 1. The number of anilines is 1. The van der Waals surface area contributed by atoms with Crippen molar-refractivity contribution in [3.8, 4) is 0 Å². The summed E-state index contributed by atoms with van der Waals surface area (Å²) in [6.07, 6.45) is 5.41. The molecule has 0 atom stereocenters. The first-order valence-corrected chi connectivity index (χ1v) is 5.98. The predicted molar refractivity (Wildman–Crippen MR) is 71.8 cm³/mol. The van der Waals surface area contributed by atoms with Crippen LogP contribution in [0.2, 0.25) is 0 Å². The van der Waals surface area contributed by atoms with Crippen molar-refractivity contribution in [1.82, 2.24) is 19.2 Å². The van der Waals surface area contributed by atoms with E-state index in [0.717, 1.165) is 11.3 Å². The van der Waals surface area contributed by atoms with Gasteiger partial charge in [-0.15, -0.1) is 5.10 Å². The van der Waals surface area contributed by atoms with Crippen LogP contribution in [0.4, 0.5) is 5.69 Å². The summed E-state index contributed by atoms with van der Waals surface area (Å²) in [5.41, 5.74) is 8.02. The summed E-state index contributed by atoms with van der Waals surface area (Å²) in [6, 6.07) is 7.63. The molecule has 2 heterocycles. The first-order valence-electron chi connectivity index (χ1n) is 5.98. The van der Waals surface area contributed by atoms with Crippen LogP contribution < -0.4 is 11.4 Å². The van der Waals surface area contributed by atoms with Crippen molar-refractivity contribution < 1.29 is 0 Å². The van der Waals surface area contributed by atoms with Crippen LogP contribution in [-0.4, -0.2) is 19.2 Å². The van der Waals surface area contributed by atoms with Gasteiger partial charge in [0, 0.05) is 18.1 Å². The van der Waals surface area contributed by atoms with E-state index in [4.69, 9.17) is 5.73 Å². The smallest absolute Gasteiger partial charge is 0.350 e. The minimum absolute atomic E-state index is 0.160. The maximum Gasteiger partial charge on any atom is 0.350 e. The van der Waals surface area contributed by atoms with Gasteiger partial charge in [0.05, 0.1) is 12.7 Å². The summed E-state index contributed by atoms with van der Waals surface area (Å²) in [4.78, 5) is 16.0. The molecule has 0 saturated heterocycles. The maximum absolute atomic E-state index is 12.0. The Kier molecular flexibility index (Phi) is 2.75.